The summed E-state index contributed by atoms with van der Waals surface area (Å²) in [6, 6.07) is 36.1. The molecule has 0 heteroatoms. The third-order valence-electron chi connectivity index (χ3n) is 7.04. The zero-order valence-corrected chi connectivity index (χ0v) is 18.7. The zero-order chi connectivity index (χ0) is 21.7. The molecule has 0 radical (unpaired) electrons. The first kappa shape index (κ1) is 19.1. The van der Waals surface area contributed by atoms with Crippen LogP contribution in [0.15, 0.2) is 97.1 Å². The predicted octanol–water partition coefficient (Wildman–Crippen LogP) is 9.04. The molecule has 32 heavy (non-hydrogen) atoms. The molecule has 0 aliphatic rings. The fraction of sp³-hybridized carbons (Fsp3) is 0.125. The Balaban J connectivity index is 1.73. The van der Waals surface area contributed by atoms with Crippen LogP contribution in [0.25, 0.3) is 54.6 Å². The smallest absolute Gasteiger partial charge is 0.00203 e. The fourth-order valence-electron chi connectivity index (χ4n) is 5.45. The van der Waals surface area contributed by atoms with Crippen LogP contribution in [0.2, 0.25) is 0 Å². The minimum Gasteiger partial charge on any atom is -0.0620 e. The quantitative estimate of drug-likeness (QED) is 0.254. The van der Waals surface area contributed by atoms with Crippen molar-refractivity contribution in [1.82, 2.24) is 0 Å². The van der Waals surface area contributed by atoms with Gasteiger partial charge in [-0.1, -0.05) is 111 Å². The molecule has 0 saturated heterocycles. The third-order valence-corrected chi connectivity index (χ3v) is 7.04. The van der Waals surface area contributed by atoms with Crippen LogP contribution in [0.5, 0.6) is 0 Å². The highest BCUT2D eigenvalue weighted by atomic mass is 14.2. The van der Waals surface area contributed by atoms with E-state index in [4.69, 9.17) is 0 Å². The van der Waals surface area contributed by atoms with Gasteiger partial charge in [0.2, 0.25) is 0 Å². The van der Waals surface area contributed by atoms with E-state index in [0.29, 0.717) is 0 Å². The van der Waals surface area contributed by atoms with Crippen molar-refractivity contribution in [2.24, 2.45) is 0 Å². The molecule has 0 bridgehead atoms. The van der Waals surface area contributed by atoms with Crippen LogP contribution in [0.1, 0.15) is 25.0 Å². The van der Waals surface area contributed by atoms with Gasteiger partial charge >= 0.3 is 0 Å². The van der Waals surface area contributed by atoms with Gasteiger partial charge in [0.1, 0.15) is 0 Å². The summed E-state index contributed by atoms with van der Waals surface area (Å²) in [5.74, 6) is 0. The molecular weight excluding hydrogens is 384 g/mol. The Morgan fingerprint density at radius 3 is 1.25 bits per heavy atom. The van der Waals surface area contributed by atoms with Crippen molar-refractivity contribution >= 4 is 32.3 Å². The number of hydrogen-bond acceptors (Lipinski definition) is 0. The van der Waals surface area contributed by atoms with Crippen LogP contribution in [-0.2, 0) is 12.8 Å². The van der Waals surface area contributed by atoms with Crippen LogP contribution in [0.3, 0.4) is 0 Å². The monoisotopic (exact) mass is 410 g/mol. The second kappa shape index (κ2) is 7.50. The molecular formula is C32H26. The van der Waals surface area contributed by atoms with Crippen LogP contribution in [0, 0.1) is 0 Å². The maximum Gasteiger partial charge on any atom is -0.00203 e. The summed E-state index contributed by atoms with van der Waals surface area (Å²) in [5, 5.41) is 8.11. The van der Waals surface area contributed by atoms with E-state index in [0.717, 1.165) is 12.8 Å². The lowest BCUT2D eigenvalue weighted by atomic mass is 9.85. The normalized spacial score (nSPS) is 11.7. The van der Waals surface area contributed by atoms with Gasteiger partial charge in [0, 0.05) is 0 Å². The second-order valence-corrected chi connectivity index (χ2v) is 8.67. The number of hydrogen-bond donors (Lipinski definition) is 0. The SMILES string of the molecule is CCc1ccccc1-c1ccc2ccc3c(-c4ccccc4CC)ccc4ccc1c2c43. The van der Waals surface area contributed by atoms with Gasteiger partial charge in [0.25, 0.3) is 0 Å². The molecule has 0 aliphatic carbocycles. The van der Waals surface area contributed by atoms with Crippen molar-refractivity contribution in [3.05, 3.63) is 108 Å². The zero-order valence-electron chi connectivity index (χ0n) is 18.7. The van der Waals surface area contributed by atoms with E-state index < -0.39 is 0 Å². The van der Waals surface area contributed by atoms with Gasteiger partial charge in [-0.3, -0.25) is 0 Å². The summed E-state index contributed by atoms with van der Waals surface area (Å²) in [6.45, 7) is 4.48. The summed E-state index contributed by atoms with van der Waals surface area (Å²) in [7, 11) is 0. The van der Waals surface area contributed by atoms with Gasteiger partial charge in [0.05, 0.1) is 0 Å². The number of aryl methyl sites for hydroxylation is 2. The van der Waals surface area contributed by atoms with E-state index >= 15 is 0 Å². The van der Waals surface area contributed by atoms with Crippen molar-refractivity contribution < 1.29 is 0 Å². The van der Waals surface area contributed by atoms with Crippen LogP contribution >= 0.6 is 0 Å². The second-order valence-electron chi connectivity index (χ2n) is 8.67. The van der Waals surface area contributed by atoms with Crippen molar-refractivity contribution in [3.8, 4) is 22.3 Å². The predicted molar refractivity (Wildman–Crippen MR) is 140 cm³/mol. The maximum absolute atomic E-state index is 2.32. The first-order valence-electron chi connectivity index (χ1n) is 11.7. The maximum atomic E-state index is 2.32. The van der Waals surface area contributed by atoms with Crippen molar-refractivity contribution in [2.45, 2.75) is 26.7 Å². The van der Waals surface area contributed by atoms with Gasteiger partial charge in [-0.15, -0.1) is 0 Å². The first-order chi connectivity index (χ1) is 15.8. The fourth-order valence-corrected chi connectivity index (χ4v) is 5.45. The first-order valence-corrected chi connectivity index (χ1v) is 11.7. The van der Waals surface area contributed by atoms with E-state index in [9.17, 15) is 0 Å². The largest absolute Gasteiger partial charge is 0.0620 e. The summed E-state index contributed by atoms with van der Waals surface area (Å²) in [4.78, 5) is 0. The Hall–Kier alpha value is -3.64. The Bertz CT molecular complexity index is 1460. The molecule has 6 aromatic rings. The van der Waals surface area contributed by atoms with Crippen LogP contribution < -0.4 is 0 Å². The summed E-state index contributed by atoms with van der Waals surface area (Å²) >= 11 is 0. The van der Waals surface area contributed by atoms with Crippen LogP contribution in [-0.4, -0.2) is 0 Å². The molecule has 154 valence electrons. The van der Waals surface area contributed by atoms with E-state index in [2.05, 4.69) is 111 Å². The summed E-state index contributed by atoms with van der Waals surface area (Å²) in [5.41, 5.74) is 8.18. The minimum atomic E-state index is 1.04. The molecule has 0 heterocycles. The number of benzene rings is 6. The van der Waals surface area contributed by atoms with Gasteiger partial charge in [-0.25, -0.2) is 0 Å². The Morgan fingerprint density at radius 2 is 0.812 bits per heavy atom. The Labute approximate surface area is 189 Å². The molecule has 0 aromatic heterocycles. The highest BCUT2D eigenvalue weighted by Crippen LogP contribution is 2.43. The van der Waals surface area contributed by atoms with E-state index in [1.807, 2.05) is 0 Å². The van der Waals surface area contributed by atoms with Crippen molar-refractivity contribution in [2.75, 3.05) is 0 Å². The average Bonchev–Trinajstić information content (AvgIpc) is 2.87. The lowest BCUT2D eigenvalue weighted by Crippen LogP contribution is -1.93. The topological polar surface area (TPSA) is 0 Å². The molecule has 0 N–H and O–H groups in total. The molecule has 0 spiro atoms. The highest BCUT2D eigenvalue weighted by molar-refractivity contribution is 6.27. The Morgan fingerprint density at radius 1 is 0.406 bits per heavy atom. The molecule has 0 aliphatic heterocycles. The average molecular weight is 411 g/mol. The summed E-state index contributed by atoms with van der Waals surface area (Å²) < 4.78 is 0. The molecule has 0 amide bonds. The molecule has 0 fully saturated rings. The lowest BCUT2D eigenvalue weighted by molar-refractivity contribution is 1.14. The molecule has 6 rings (SSSR count). The molecule has 0 atom stereocenters. The van der Waals surface area contributed by atoms with Gasteiger partial charge < -0.3 is 0 Å². The van der Waals surface area contributed by atoms with E-state index in [1.165, 1.54) is 65.7 Å². The standard InChI is InChI=1S/C32H26/c1-3-21-9-5-7-11-25(21)27-17-13-23-16-20-30-28(26-12-8-6-10-22(26)4-2)18-14-24-15-19-29(27)31(23)32(24)30/h5-20H,3-4H2,1-2H3. The molecule has 0 nitrogen and oxygen atoms in total. The lowest BCUT2D eigenvalue weighted by Gasteiger charge is -2.18. The molecule has 0 saturated carbocycles. The Kier molecular flexibility index (Phi) is 4.47. The van der Waals surface area contributed by atoms with E-state index in [-0.39, 0.29) is 0 Å². The van der Waals surface area contributed by atoms with Gasteiger partial charge in [-0.2, -0.15) is 0 Å². The number of rotatable bonds is 4. The van der Waals surface area contributed by atoms with Gasteiger partial charge in [0.15, 0.2) is 0 Å². The minimum absolute atomic E-state index is 1.04. The highest BCUT2D eigenvalue weighted by Gasteiger charge is 2.16. The third kappa shape index (κ3) is 2.76. The van der Waals surface area contributed by atoms with Crippen molar-refractivity contribution in [1.29, 1.82) is 0 Å². The summed E-state index contributed by atoms with van der Waals surface area (Å²) in [6.07, 6.45) is 2.08. The molecule has 0 unspecified atom stereocenters. The van der Waals surface area contributed by atoms with Gasteiger partial charge in [-0.05, 0) is 78.5 Å². The van der Waals surface area contributed by atoms with Crippen LogP contribution in [0.4, 0.5) is 0 Å². The van der Waals surface area contributed by atoms with E-state index in [1.54, 1.807) is 0 Å². The van der Waals surface area contributed by atoms with Crippen molar-refractivity contribution in [3.63, 3.8) is 0 Å². The molecule has 6 aromatic carbocycles.